The molecule has 0 aromatic carbocycles. The molecule has 0 aromatic rings. The molecule has 5 heteroatoms. The number of rotatable bonds is 3. The third-order valence-electron chi connectivity index (χ3n) is 2.61. The zero-order valence-electron chi connectivity index (χ0n) is 7.68. The molecule has 0 radical (unpaired) electrons. The highest BCUT2D eigenvalue weighted by atomic mass is 79.9. The molecule has 0 aromatic heterocycles. The van der Waals surface area contributed by atoms with Crippen molar-refractivity contribution in [2.75, 3.05) is 0 Å². The van der Waals surface area contributed by atoms with E-state index in [2.05, 4.69) is 31.9 Å². The molecular weight excluding hydrogens is 335 g/mol. The highest BCUT2D eigenvalue weighted by Gasteiger charge is 2.41. The van der Waals surface area contributed by atoms with Gasteiger partial charge in [-0.25, -0.2) is 0 Å². The van der Waals surface area contributed by atoms with Gasteiger partial charge < -0.3 is 5.11 Å². The van der Waals surface area contributed by atoms with Gasteiger partial charge in [0.2, 0.25) is 0 Å². The fraction of sp³-hybridized carbons (Fsp3) is 0.889. The second kappa shape index (κ2) is 5.17. The van der Waals surface area contributed by atoms with Gasteiger partial charge in [0.15, 0.2) is 0 Å². The third kappa shape index (κ3) is 3.38. The van der Waals surface area contributed by atoms with E-state index in [1.54, 1.807) is 0 Å². The summed E-state index contributed by atoms with van der Waals surface area (Å²) in [5, 5.41) is 8.83. The molecular formula is C9H13Br2ClO2. The molecule has 2 unspecified atom stereocenters. The zero-order valence-corrected chi connectivity index (χ0v) is 11.6. The number of carbonyl (C=O) groups is 1. The Morgan fingerprint density at radius 1 is 1.43 bits per heavy atom. The highest BCUT2D eigenvalue weighted by Crippen LogP contribution is 2.47. The first-order valence-electron chi connectivity index (χ1n) is 4.67. The van der Waals surface area contributed by atoms with E-state index < -0.39 is 9.20 Å². The molecule has 14 heavy (non-hydrogen) atoms. The summed E-state index contributed by atoms with van der Waals surface area (Å²) in [5.41, 5.74) is 0. The number of carboxylic acid groups (broad SMARTS) is 1. The maximum absolute atomic E-state index is 10.7. The predicted molar refractivity (Wildman–Crippen MR) is 64.4 cm³/mol. The lowest BCUT2D eigenvalue weighted by Crippen LogP contribution is -2.36. The Morgan fingerprint density at radius 3 is 2.50 bits per heavy atom. The summed E-state index contributed by atoms with van der Waals surface area (Å²) in [6.07, 6.45) is 4.30. The standard InChI is InChI=1S/C9H13Br2ClO2/c10-9(11,5-8(13)14)6-3-1-2-4-7(6)12/h6-7H,1-5H2,(H,13,14). The average molecular weight is 348 g/mol. The molecule has 82 valence electrons. The van der Waals surface area contributed by atoms with Crippen molar-refractivity contribution in [2.45, 2.75) is 40.7 Å². The summed E-state index contributed by atoms with van der Waals surface area (Å²) < 4.78 is -0.543. The number of carboxylic acids is 1. The molecule has 0 saturated heterocycles. The van der Waals surface area contributed by atoms with Crippen molar-refractivity contribution in [3.05, 3.63) is 0 Å². The molecule has 0 amide bonds. The first-order chi connectivity index (χ1) is 6.43. The molecule has 1 saturated carbocycles. The van der Waals surface area contributed by atoms with Crippen molar-refractivity contribution in [3.63, 3.8) is 0 Å². The van der Waals surface area contributed by atoms with Crippen LogP contribution in [0.25, 0.3) is 0 Å². The van der Waals surface area contributed by atoms with Gasteiger partial charge in [-0.15, -0.1) is 11.6 Å². The molecule has 0 heterocycles. The summed E-state index contributed by atoms with van der Waals surface area (Å²) in [7, 11) is 0. The molecule has 0 aliphatic heterocycles. The van der Waals surface area contributed by atoms with Gasteiger partial charge >= 0.3 is 5.97 Å². The van der Waals surface area contributed by atoms with Crippen LogP contribution in [-0.2, 0) is 4.79 Å². The molecule has 2 nitrogen and oxygen atoms in total. The minimum Gasteiger partial charge on any atom is -0.481 e. The quantitative estimate of drug-likeness (QED) is 0.789. The van der Waals surface area contributed by atoms with Crippen LogP contribution >= 0.6 is 43.5 Å². The fourth-order valence-corrected chi connectivity index (χ4v) is 4.27. The van der Waals surface area contributed by atoms with Gasteiger partial charge in [0.25, 0.3) is 0 Å². The van der Waals surface area contributed by atoms with Gasteiger partial charge in [0, 0.05) is 11.3 Å². The van der Waals surface area contributed by atoms with E-state index in [1.807, 2.05) is 0 Å². The van der Waals surface area contributed by atoms with Crippen molar-refractivity contribution < 1.29 is 9.90 Å². The monoisotopic (exact) mass is 346 g/mol. The van der Waals surface area contributed by atoms with Crippen molar-refractivity contribution in [3.8, 4) is 0 Å². The third-order valence-corrected chi connectivity index (χ3v) is 4.87. The minimum absolute atomic E-state index is 0.0564. The normalized spacial score (nSPS) is 28.8. The van der Waals surface area contributed by atoms with Crippen LogP contribution < -0.4 is 0 Å². The van der Waals surface area contributed by atoms with Crippen LogP contribution in [0.1, 0.15) is 32.1 Å². The molecule has 0 spiro atoms. The van der Waals surface area contributed by atoms with E-state index in [-0.39, 0.29) is 17.7 Å². The largest absolute Gasteiger partial charge is 0.481 e. The predicted octanol–water partition coefficient (Wildman–Crippen LogP) is 3.74. The van der Waals surface area contributed by atoms with Crippen molar-refractivity contribution in [2.24, 2.45) is 5.92 Å². The molecule has 1 fully saturated rings. The van der Waals surface area contributed by atoms with Gasteiger partial charge in [-0.05, 0) is 12.8 Å². The summed E-state index contributed by atoms with van der Waals surface area (Å²) in [4.78, 5) is 10.7. The SMILES string of the molecule is O=C(O)CC(Br)(Br)C1CCCCC1Cl. The number of hydrogen-bond acceptors (Lipinski definition) is 1. The van der Waals surface area contributed by atoms with Gasteiger partial charge in [0.1, 0.15) is 0 Å². The van der Waals surface area contributed by atoms with Gasteiger partial charge in [0.05, 0.1) is 9.65 Å². The number of halogens is 3. The van der Waals surface area contributed by atoms with Crippen molar-refractivity contribution in [1.29, 1.82) is 0 Å². The fourth-order valence-electron chi connectivity index (χ4n) is 1.89. The lowest BCUT2D eigenvalue weighted by atomic mass is 9.85. The summed E-state index contributed by atoms with van der Waals surface area (Å²) in [6.45, 7) is 0. The zero-order chi connectivity index (χ0) is 10.8. The second-order valence-corrected chi connectivity index (χ2v) is 8.19. The van der Waals surface area contributed by atoms with E-state index >= 15 is 0 Å². The summed E-state index contributed by atoms with van der Waals surface area (Å²) in [5.74, 6) is -0.623. The first kappa shape index (κ1) is 12.8. The smallest absolute Gasteiger partial charge is 0.305 e. The van der Waals surface area contributed by atoms with E-state index in [9.17, 15) is 4.79 Å². The van der Waals surface area contributed by atoms with Crippen LogP contribution in [0.2, 0.25) is 0 Å². The molecule has 1 rings (SSSR count). The second-order valence-electron chi connectivity index (χ2n) is 3.74. The van der Waals surface area contributed by atoms with Crippen LogP contribution in [0.15, 0.2) is 0 Å². The molecule has 1 aliphatic carbocycles. The van der Waals surface area contributed by atoms with E-state index in [0.717, 1.165) is 25.7 Å². The Kier molecular flexibility index (Phi) is 4.72. The van der Waals surface area contributed by atoms with E-state index in [1.165, 1.54) is 0 Å². The Bertz CT molecular complexity index is 221. The minimum atomic E-state index is -0.812. The van der Waals surface area contributed by atoms with Crippen molar-refractivity contribution in [1.82, 2.24) is 0 Å². The van der Waals surface area contributed by atoms with Crippen molar-refractivity contribution >= 4 is 49.4 Å². The Morgan fingerprint density at radius 2 is 2.00 bits per heavy atom. The number of alkyl halides is 3. The van der Waals surface area contributed by atoms with Gasteiger partial charge in [-0.1, -0.05) is 44.7 Å². The van der Waals surface area contributed by atoms with Crippen LogP contribution in [0.5, 0.6) is 0 Å². The topological polar surface area (TPSA) is 37.3 Å². The lowest BCUT2D eigenvalue weighted by Gasteiger charge is -2.36. The summed E-state index contributed by atoms with van der Waals surface area (Å²) in [6, 6.07) is 0. The molecule has 1 N–H and O–H groups in total. The summed E-state index contributed by atoms with van der Waals surface area (Å²) >= 11 is 13.1. The first-order valence-corrected chi connectivity index (χ1v) is 6.69. The Labute approximate surface area is 106 Å². The maximum Gasteiger partial charge on any atom is 0.305 e. The Balaban J connectivity index is 2.63. The van der Waals surface area contributed by atoms with Crippen LogP contribution in [0.3, 0.4) is 0 Å². The molecule has 1 aliphatic rings. The maximum atomic E-state index is 10.7. The Hall–Kier alpha value is 0.720. The lowest BCUT2D eigenvalue weighted by molar-refractivity contribution is -0.137. The van der Waals surface area contributed by atoms with Gasteiger partial charge in [-0.2, -0.15) is 0 Å². The number of hydrogen-bond donors (Lipinski definition) is 1. The van der Waals surface area contributed by atoms with Crippen LogP contribution in [0, 0.1) is 5.92 Å². The molecule has 0 bridgehead atoms. The van der Waals surface area contributed by atoms with Gasteiger partial charge in [-0.3, -0.25) is 4.79 Å². The molecule has 2 atom stereocenters. The van der Waals surface area contributed by atoms with Crippen LogP contribution in [-0.4, -0.2) is 19.7 Å². The highest BCUT2D eigenvalue weighted by molar-refractivity contribution is 9.25. The average Bonchev–Trinajstić information content (AvgIpc) is 2.02. The van der Waals surface area contributed by atoms with E-state index in [4.69, 9.17) is 16.7 Å². The number of aliphatic carboxylic acids is 1. The van der Waals surface area contributed by atoms with E-state index in [0.29, 0.717) is 0 Å². The van der Waals surface area contributed by atoms with Crippen LogP contribution in [0.4, 0.5) is 0 Å².